The molecule has 1 N–H and O–H groups in total. The van der Waals surface area contributed by atoms with Gasteiger partial charge in [-0.2, -0.15) is 0 Å². The number of carbonyl (C=O) groups is 1. The number of halogens is 2. The second-order valence-electron chi connectivity index (χ2n) is 5.14. The highest BCUT2D eigenvalue weighted by Crippen LogP contribution is 2.27. The number of carbonyl (C=O) groups excluding carboxylic acids is 1. The Balaban J connectivity index is 1.98. The molecule has 2 heterocycles. The van der Waals surface area contributed by atoms with E-state index in [0.29, 0.717) is 44.9 Å². The van der Waals surface area contributed by atoms with Crippen LogP contribution in [0.4, 0.5) is 5.69 Å². The maximum atomic E-state index is 12.7. The van der Waals surface area contributed by atoms with Crippen molar-refractivity contribution in [2.45, 2.75) is 13.3 Å². The number of nitrogens with one attached hydrogen (secondary N) is 1. The van der Waals surface area contributed by atoms with Gasteiger partial charge in [0.05, 0.1) is 17.8 Å². The van der Waals surface area contributed by atoms with Gasteiger partial charge in [-0.1, -0.05) is 30.1 Å². The largest absolute Gasteiger partial charge is 0.495 e. The van der Waals surface area contributed by atoms with Crippen molar-refractivity contribution in [2.24, 2.45) is 0 Å². The minimum absolute atomic E-state index is 0.261. The van der Waals surface area contributed by atoms with Crippen LogP contribution in [-0.4, -0.2) is 22.4 Å². The van der Waals surface area contributed by atoms with Gasteiger partial charge in [-0.3, -0.25) is 9.20 Å². The van der Waals surface area contributed by atoms with Crippen LogP contribution >= 0.6 is 23.2 Å². The van der Waals surface area contributed by atoms with Gasteiger partial charge >= 0.3 is 0 Å². The van der Waals surface area contributed by atoms with E-state index in [1.165, 1.54) is 7.11 Å². The Bertz CT molecular complexity index is 922. The zero-order chi connectivity index (χ0) is 17.3. The Morgan fingerprint density at radius 2 is 2.08 bits per heavy atom. The first-order valence-electron chi connectivity index (χ1n) is 7.35. The first-order valence-corrected chi connectivity index (χ1v) is 8.10. The molecule has 0 spiro atoms. The summed E-state index contributed by atoms with van der Waals surface area (Å²) in [5, 5.41) is 3.85. The Morgan fingerprint density at radius 1 is 1.29 bits per heavy atom. The standard InChI is InChI=1S/C17H15Cl2N3O2/c1-3-13-16(22-7-6-10(18)8-15(22)21-13)17(23)20-11-4-5-14(24-2)12(19)9-11/h4-9H,3H2,1-2H3,(H,20,23). The molecule has 24 heavy (non-hydrogen) atoms. The number of amides is 1. The van der Waals surface area contributed by atoms with Crippen LogP contribution in [0.5, 0.6) is 5.75 Å². The molecule has 0 atom stereocenters. The van der Waals surface area contributed by atoms with E-state index in [-0.39, 0.29) is 5.91 Å². The lowest BCUT2D eigenvalue weighted by Crippen LogP contribution is -2.16. The zero-order valence-corrected chi connectivity index (χ0v) is 14.6. The lowest BCUT2D eigenvalue weighted by atomic mass is 10.2. The molecule has 5 nitrogen and oxygen atoms in total. The van der Waals surface area contributed by atoms with Crippen LogP contribution in [0, 0.1) is 0 Å². The van der Waals surface area contributed by atoms with Gasteiger partial charge in [0.2, 0.25) is 0 Å². The van der Waals surface area contributed by atoms with Crippen molar-refractivity contribution >= 4 is 40.4 Å². The third kappa shape index (κ3) is 3.05. The molecule has 3 rings (SSSR count). The maximum absolute atomic E-state index is 12.7. The van der Waals surface area contributed by atoms with Crippen molar-refractivity contribution < 1.29 is 9.53 Å². The van der Waals surface area contributed by atoms with Crippen LogP contribution in [-0.2, 0) is 6.42 Å². The van der Waals surface area contributed by atoms with Crippen molar-refractivity contribution in [3.8, 4) is 5.75 Å². The normalized spacial score (nSPS) is 10.8. The lowest BCUT2D eigenvalue weighted by Gasteiger charge is -2.09. The monoisotopic (exact) mass is 363 g/mol. The number of anilines is 1. The fourth-order valence-corrected chi connectivity index (χ4v) is 2.90. The molecule has 0 aliphatic carbocycles. The minimum Gasteiger partial charge on any atom is -0.495 e. The molecule has 0 saturated heterocycles. The molecule has 1 amide bonds. The van der Waals surface area contributed by atoms with Crippen molar-refractivity contribution in [2.75, 3.05) is 12.4 Å². The van der Waals surface area contributed by atoms with E-state index in [1.54, 1.807) is 40.9 Å². The number of benzene rings is 1. The summed E-state index contributed by atoms with van der Waals surface area (Å²) in [5.41, 5.74) is 2.40. The maximum Gasteiger partial charge on any atom is 0.274 e. The predicted octanol–water partition coefficient (Wildman–Crippen LogP) is 4.46. The Labute approximate surface area is 149 Å². The van der Waals surface area contributed by atoms with Crippen LogP contribution < -0.4 is 10.1 Å². The SMILES string of the molecule is CCc1nc2cc(Cl)ccn2c1C(=O)Nc1ccc(OC)c(Cl)c1. The van der Waals surface area contributed by atoms with E-state index in [1.807, 2.05) is 6.92 Å². The molecule has 0 aliphatic rings. The topological polar surface area (TPSA) is 55.6 Å². The van der Waals surface area contributed by atoms with Gasteiger partial charge in [0.15, 0.2) is 0 Å². The van der Waals surface area contributed by atoms with E-state index in [4.69, 9.17) is 27.9 Å². The highest BCUT2D eigenvalue weighted by atomic mass is 35.5. The molecule has 0 fully saturated rings. The average Bonchev–Trinajstić information content (AvgIpc) is 2.92. The highest BCUT2D eigenvalue weighted by Gasteiger charge is 2.19. The molecule has 2 aromatic heterocycles. The van der Waals surface area contributed by atoms with E-state index in [2.05, 4.69) is 10.3 Å². The third-order valence-electron chi connectivity index (χ3n) is 3.62. The summed E-state index contributed by atoms with van der Waals surface area (Å²) in [5.74, 6) is 0.288. The Hall–Kier alpha value is -2.24. The molecular weight excluding hydrogens is 349 g/mol. The summed E-state index contributed by atoms with van der Waals surface area (Å²) >= 11 is 12.1. The van der Waals surface area contributed by atoms with Gasteiger partial charge < -0.3 is 10.1 Å². The van der Waals surface area contributed by atoms with Crippen molar-refractivity contribution in [3.63, 3.8) is 0 Å². The molecule has 3 aromatic rings. The van der Waals surface area contributed by atoms with E-state index in [0.717, 1.165) is 0 Å². The number of hydrogen-bond acceptors (Lipinski definition) is 3. The van der Waals surface area contributed by atoms with Crippen LogP contribution in [0.1, 0.15) is 23.1 Å². The molecular formula is C17H15Cl2N3O2. The van der Waals surface area contributed by atoms with Crippen molar-refractivity contribution in [1.29, 1.82) is 0 Å². The van der Waals surface area contributed by atoms with Crippen LogP contribution in [0.3, 0.4) is 0 Å². The minimum atomic E-state index is -0.261. The number of hydrogen-bond donors (Lipinski definition) is 1. The molecule has 0 saturated carbocycles. The average molecular weight is 364 g/mol. The summed E-state index contributed by atoms with van der Waals surface area (Å²) in [4.78, 5) is 17.2. The Morgan fingerprint density at radius 3 is 2.75 bits per heavy atom. The fraction of sp³-hybridized carbons (Fsp3) is 0.176. The lowest BCUT2D eigenvalue weighted by molar-refractivity contribution is 0.102. The summed E-state index contributed by atoms with van der Waals surface area (Å²) in [6, 6.07) is 8.52. The number of fused-ring (bicyclic) bond motifs is 1. The smallest absolute Gasteiger partial charge is 0.274 e. The summed E-state index contributed by atoms with van der Waals surface area (Å²) in [7, 11) is 1.54. The third-order valence-corrected chi connectivity index (χ3v) is 4.15. The van der Waals surface area contributed by atoms with Crippen LogP contribution in [0.2, 0.25) is 10.0 Å². The van der Waals surface area contributed by atoms with Crippen LogP contribution in [0.25, 0.3) is 5.65 Å². The molecule has 1 aromatic carbocycles. The molecule has 7 heteroatoms. The quantitative estimate of drug-likeness (QED) is 0.744. The number of ether oxygens (including phenoxy) is 1. The number of nitrogens with zero attached hydrogens (tertiary/aromatic N) is 2. The van der Waals surface area contributed by atoms with E-state index >= 15 is 0 Å². The number of pyridine rings is 1. The zero-order valence-electron chi connectivity index (χ0n) is 13.1. The molecule has 124 valence electrons. The van der Waals surface area contributed by atoms with Crippen LogP contribution in [0.15, 0.2) is 36.5 Å². The number of methoxy groups -OCH3 is 1. The van der Waals surface area contributed by atoms with E-state index in [9.17, 15) is 4.79 Å². The summed E-state index contributed by atoms with van der Waals surface area (Å²) < 4.78 is 6.84. The molecule has 0 bridgehead atoms. The van der Waals surface area contributed by atoms with E-state index < -0.39 is 0 Å². The Kier molecular flexibility index (Phi) is 4.64. The molecule has 0 unspecified atom stereocenters. The first kappa shape index (κ1) is 16.6. The first-order chi connectivity index (χ1) is 11.5. The number of aryl methyl sites for hydroxylation is 1. The number of imidazole rings is 1. The molecule has 0 radical (unpaired) electrons. The van der Waals surface area contributed by atoms with Gasteiger partial charge in [0.1, 0.15) is 17.1 Å². The summed E-state index contributed by atoms with van der Waals surface area (Å²) in [6.07, 6.45) is 2.37. The fourth-order valence-electron chi connectivity index (χ4n) is 2.49. The van der Waals surface area contributed by atoms with Gasteiger partial charge in [-0.25, -0.2) is 4.98 Å². The number of rotatable bonds is 4. The predicted molar refractivity (Wildman–Crippen MR) is 95.5 cm³/mol. The number of aromatic nitrogens is 2. The second kappa shape index (κ2) is 6.71. The van der Waals surface area contributed by atoms with Gasteiger partial charge in [0.25, 0.3) is 5.91 Å². The molecule has 0 aliphatic heterocycles. The van der Waals surface area contributed by atoms with Gasteiger partial charge in [0, 0.05) is 23.0 Å². The summed E-state index contributed by atoms with van der Waals surface area (Å²) in [6.45, 7) is 1.95. The van der Waals surface area contributed by atoms with Crippen molar-refractivity contribution in [3.05, 3.63) is 58.0 Å². The highest BCUT2D eigenvalue weighted by molar-refractivity contribution is 6.32. The van der Waals surface area contributed by atoms with Gasteiger partial charge in [-0.05, 0) is 30.7 Å². The second-order valence-corrected chi connectivity index (χ2v) is 5.98. The van der Waals surface area contributed by atoms with Gasteiger partial charge in [-0.15, -0.1) is 0 Å². The van der Waals surface area contributed by atoms with Crippen molar-refractivity contribution in [1.82, 2.24) is 9.38 Å².